The lowest BCUT2D eigenvalue weighted by molar-refractivity contribution is 0.858. The first-order valence-corrected chi connectivity index (χ1v) is 5.96. The van der Waals surface area contributed by atoms with E-state index in [9.17, 15) is 0 Å². The van der Waals surface area contributed by atoms with E-state index in [1.807, 2.05) is 24.3 Å². The third kappa shape index (κ3) is 2.39. The van der Waals surface area contributed by atoms with Crippen molar-refractivity contribution in [2.45, 2.75) is 19.9 Å². The normalized spacial score (nSPS) is 10.2. The molecule has 0 atom stereocenters. The largest absolute Gasteiger partial charge is 0.242 e. The van der Waals surface area contributed by atoms with E-state index in [4.69, 9.17) is 5.41 Å². The first kappa shape index (κ1) is 12.3. The summed E-state index contributed by atoms with van der Waals surface area (Å²) in [6.07, 6.45) is 0. The van der Waals surface area contributed by atoms with Crippen LogP contribution in [0.1, 0.15) is 28.3 Å². The second-order valence-electron chi connectivity index (χ2n) is 4.36. The lowest BCUT2D eigenvalue weighted by Crippen LogP contribution is -2.02. The molecule has 1 N–H and O–H groups in total. The van der Waals surface area contributed by atoms with Crippen LogP contribution in [0.3, 0.4) is 0 Å². The molecule has 0 unspecified atom stereocenters. The summed E-state index contributed by atoms with van der Waals surface area (Å²) >= 11 is 0. The summed E-state index contributed by atoms with van der Waals surface area (Å²) in [6.45, 7) is 4.14. The Morgan fingerprint density at radius 2 is 1.33 bits per heavy atom. The molecule has 2 heteroatoms. The number of aryl methyl sites for hydroxylation is 2. The molecule has 0 radical (unpaired) electrons. The van der Waals surface area contributed by atoms with Crippen molar-refractivity contribution in [3.63, 3.8) is 0 Å². The van der Waals surface area contributed by atoms with E-state index in [1.165, 1.54) is 11.1 Å². The topological polar surface area (TPSA) is 36.2 Å². The van der Waals surface area contributed by atoms with Crippen molar-refractivity contribution in [3.05, 3.63) is 70.8 Å². The van der Waals surface area contributed by atoms with Crippen molar-refractivity contribution in [2.75, 3.05) is 0 Å². The summed E-state index contributed by atoms with van der Waals surface area (Å²) in [5.74, 6) is 0. The summed E-state index contributed by atoms with van der Waals surface area (Å²) in [7, 11) is 0. The Morgan fingerprint density at radius 1 is 0.889 bits per heavy atom. The fourth-order valence-electron chi connectivity index (χ4n) is 2.16. The highest BCUT2D eigenvalue weighted by Crippen LogP contribution is 2.29. The van der Waals surface area contributed by atoms with Crippen molar-refractivity contribution in [2.24, 2.45) is 4.99 Å². The van der Waals surface area contributed by atoms with Crippen molar-refractivity contribution in [1.82, 2.24) is 0 Å². The van der Waals surface area contributed by atoms with Crippen LogP contribution in [-0.2, 0) is 0 Å². The van der Waals surface area contributed by atoms with Gasteiger partial charge in [-0.2, -0.15) is 0 Å². The van der Waals surface area contributed by atoms with Gasteiger partial charge in [0.15, 0.2) is 0 Å². The second kappa shape index (κ2) is 5.44. The van der Waals surface area contributed by atoms with E-state index in [2.05, 4.69) is 49.1 Å². The van der Waals surface area contributed by atoms with Crippen LogP contribution in [0, 0.1) is 19.3 Å². The summed E-state index contributed by atoms with van der Waals surface area (Å²) in [5, 5.41) is 7.16. The Morgan fingerprint density at radius 3 is 1.72 bits per heavy atom. The minimum Gasteiger partial charge on any atom is -0.242 e. The Balaban J connectivity index is 2.58. The minimum atomic E-state index is -0.134. The van der Waals surface area contributed by atoms with Gasteiger partial charge in [-0.25, -0.2) is 10.4 Å². The Labute approximate surface area is 108 Å². The monoisotopic (exact) mass is 236 g/mol. The highest BCUT2D eigenvalue weighted by molar-refractivity contribution is 5.45. The maximum absolute atomic E-state index is 7.16. The fourth-order valence-corrected chi connectivity index (χ4v) is 2.16. The highest BCUT2D eigenvalue weighted by atomic mass is 14.8. The zero-order valence-electron chi connectivity index (χ0n) is 10.6. The highest BCUT2D eigenvalue weighted by Gasteiger charge is 2.16. The predicted molar refractivity (Wildman–Crippen MR) is 74.4 cm³/mol. The Bertz CT molecular complexity index is 550. The fraction of sp³-hybridized carbons (Fsp3) is 0.188. The molecule has 90 valence electrons. The maximum atomic E-state index is 7.16. The molecule has 0 aliphatic heterocycles. The molecule has 0 aliphatic rings. The van der Waals surface area contributed by atoms with Crippen LogP contribution in [0.4, 0.5) is 0 Å². The van der Waals surface area contributed by atoms with Gasteiger partial charge in [-0.05, 0) is 36.1 Å². The lowest BCUT2D eigenvalue weighted by atomic mass is 9.93. The van der Waals surface area contributed by atoms with Crippen molar-refractivity contribution < 1.29 is 0 Å². The third-order valence-corrected chi connectivity index (χ3v) is 3.16. The first-order chi connectivity index (χ1) is 8.74. The summed E-state index contributed by atoms with van der Waals surface area (Å²) in [5.41, 5.74) is 4.63. The SMILES string of the molecule is Cc1ccccc1C(N=C=N)c1ccccc1C. The molecule has 2 nitrogen and oxygen atoms in total. The number of aliphatic imine (C=N–C) groups is 1. The average molecular weight is 236 g/mol. The number of hydrogen-bond acceptors (Lipinski definition) is 2. The maximum Gasteiger partial charge on any atom is 0.111 e. The van der Waals surface area contributed by atoms with Gasteiger partial charge >= 0.3 is 0 Å². The molecule has 0 aromatic heterocycles. The molecule has 0 fully saturated rings. The number of nitrogens with zero attached hydrogens (tertiary/aromatic N) is 1. The average Bonchev–Trinajstić information content (AvgIpc) is 2.38. The zero-order valence-corrected chi connectivity index (χ0v) is 10.6. The summed E-state index contributed by atoms with van der Waals surface area (Å²) in [4.78, 5) is 4.20. The molecule has 0 spiro atoms. The van der Waals surface area contributed by atoms with Gasteiger partial charge in [-0.1, -0.05) is 48.5 Å². The Kier molecular flexibility index (Phi) is 3.71. The third-order valence-electron chi connectivity index (χ3n) is 3.16. The molecule has 0 amide bonds. The van der Waals surface area contributed by atoms with Gasteiger partial charge in [-0.3, -0.25) is 0 Å². The smallest absolute Gasteiger partial charge is 0.111 e. The van der Waals surface area contributed by atoms with Crippen LogP contribution in [0.2, 0.25) is 0 Å². The van der Waals surface area contributed by atoms with Crippen molar-refractivity contribution >= 4 is 6.01 Å². The van der Waals surface area contributed by atoms with Crippen LogP contribution in [0.15, 0.2) is 53.5 Å². The second-order valence-corrected chi connectivity index (χ2v) is 4.36. The van der Waals surface area contributed by atoms with Gasteiger partial charge in [0.1, 0.15) is 6.04 Å². The molecule has 0 aliphatic carbocycles. The zero-order chi connectivity index (χ0) is 13.0. The first-order valence-electron chi connectivity index (χ1n) is 5.96. The molecular weight excluding hydrogens is 220 g/mol. The number of rotatable bonds is 3. The van der Waals surface area contributed by atoms with Crippen LogP contribution in [0.25, 0.3) is 0 Å². The summed E-state index contributed by atoms with van der Waals surface area (Å²) < 4.78 is 0. The van der Waals surface area contributed by atoms with E-state index in [-0.39, 0.29) is 6.04 Å². The predicted octanol–water partition coefficient (Wildman–Crippen LogP) is 4.15. The number of hydrogen-bond donors (Lipinski definition) is 1. The van der Waals surface area contributed by atoms with Crippen LogP contribution in [0.5, 0.6) is 0 Å². The lowest BCUT2D eigenvalue weighted by Gasteiger charge is -2.16. The van der Waals surface area contributed by atoms with E-state index in [0.29, 0.717) is 0 Å². The molecule has 2 rings (SSSR count). The molecular formula is C16H16N2. The van der Waals surface area contributed by atoms with Crippen molar-refractivity contribution in [1.29, 1.82) is 5.41 Å². The van der Waals surface area contributed by atoms with Gasteiger partial charge in [0.25, 0.3) is 0 Å². The molecule has 0 bridgehead atoms. The quantitative estimate of drug-likeness (QED) is 0.777. The number of benzene rings is 2. The van der Waals surface area contributed by atoms with E-state index >= 15 is 0 Å². The summed E-state index contributed by atoms with van der Waals surface area (Å²) in [6, 6.07) is 18.4. The van der Waals surface area contributed by atoms with Crippen LogP contribution < -0.4 is 0 Å². The van der Waals surface area contributed by atoms with Gasteiger partial charge in [0.2, 0.25) is 0 Å². The van der Waals surface area contributed by atoms with Gasteiger partial charge in [-0.15, -0.1) is 0 Å². The van der Waals surface area contributed by atoms with Gasteiger partial charge in [0.05, 0.1) is 6.01 Å². The molecule has 0 heterocycles. The standard InChI is InChI=1S/C16H16N2/c1-12-7-3-5-9-14(12)16(18-11-17)15-10-6-4-8-13(15)2/h3-10,16-17H,1-2H3. The van der Waals surface area contributed by atoms with E-state index in [1.54, 1.807) is 0 Å². The molecule has 18 heavy (non-hydrogen) atoms. The van der Waals surface area contributed by atoms with Crippen LogP contribution >= 0.6 is 0 Å². The van der Waals surface area contributed by atoms with Gasteiger partial charge in [0, 0.05) is 0 Å². The van der Waals surface area contributed by atoms with E-state index < -0.39 is 0 Å². The molecule has 2 aromatic rings. The van der Waals surface area contributed by atoms with Crippen LogP contribution in [-0.4, -0.2) is 6.01 Å². The number of nitrogens with one attached hydrogen (secondary N) is 1. The molecule has 2 aromatic carbocycles. The molecule has 0 saturated carbocycles. The van der Waals surface area contributed by atoms with E-state index in [0.717, 1.165) is 11.1 Å². The van der Waals surface area contributed by atoms with Gasteiger partial charge < -0.3 is 0 Å². The Hall–Kier alpha value is -2.18. The minimum absolute atomic E-state index is 0.134. The van der Waals surface area contributed by atoms with Crippen molar-refractivity contribution in [3.8, 4) is 0 Å². The molecule has 0 saturated heterocycles.